The molecule has 0 fully saturated rings. The van der Waals surface area contributed by atoms with Gasteiger partial charge in [-0.15, -0.1) is 11.3 Å². The number of hydrogen-bond donors (Lipinski definition) is 2. The topological polar surface area (TPSA) is 61.0 Å². The van der Waals surface area contributed by atoms with Crippen molar-refractivity contribution in [1.29, 1.82) is 0 Å². The number of fused-ring (bicyclic) bond motifs is 1. The Kier molecular flexibility index (Phi) is 4.06. The monoisotopic (exact) mass is 318 g/mol. The van der Waals surface area contributed by atoms with Gasteiger partial charge in [-0.1, -0.05) is 13.8 Å². The van der Waals surface area contributed by atoms with Crippen molar-refractivity contribution < 1.29 is 4.79 Å². The van der Waals surface area contributed by atoms with E-state index in [0.717, 1.165) is 17.8 Å². The number of anilines is 1. The van der Waals surface area contributed by atoms with Gasteiger partial charge in [-0.2, -0.15) is 5.10 Å². The Morgan fingerprint density at radius 3 is 2.91 bits per heavy atom. The fourth-order valence-electron chi connectivity index (χ4n) is 2.99. The van der Waals surface area contributed by atoms with Gasteiger partial charge in [0.1, 0.15) is 0 Å². The third-order valence-corrected chi connectivity index (χ3v) is 5.02. The molecule has 3 heterocycles. The van der Waals surface area contributed by atoms with Crippen LogP contribution in [-0.2, 0) is 11.3 Å². The van der Waals surface area contributed by atoms with Gasteiger partial charge in [0.25, 0.3) is 0 Å². The number of carbonyl (C=O) groups is 1. The minimum absolute atomic E-state index is 0.0434. The Morgan fingerprint density at radius 2 is 2.23 bits per heavy atom. The molecule has 3 rings (SSSR count). The van der Waals surface area contributed by atoms with Crippen molar-refractivity contribution >= 4 is 23.1 Å². The molecule has 118 valence electrons. The minimum Gasteiger partial charge on any atom is -0.309 e. The van der Waals surface area contributed by atoms with Crippen molar-refractivity contribution in [3.63, 3.8) is 0 Å². The van der Waals surface area contributed by atoms with Gasteiger partial charge in [0.2, 0.25) is 5.91 Å². The number of H-pyrrole nitrogens is 1. The van der Waals surface area contributed by atoms with E-state index in [1.807, 2.05) is 0 Å². The summed E-state index contributed by atoms with van der Waals surface area (Å²) in [5.74, 6) is 1.21. The summed E-state index contributed by atoms with van der Waals surface area (Å²) in [5, 5.41) is 12.5. The van der Waals surface area contributed by atoms with E-state index in [-0.39, 0.29) is 11.8 Å². The molecule has 1 amide bonds. The highest BCUT2D eigenvalue weighted by Crippen LogP contribution is 2.42. The number of aromatic nitrogens is 2. The lowest BCUT2D eigenvalue weighted by atomic mass is 9.87. The molecular weight excluding hydrogens is 296 g/mol. The van der Waals surface area contributed by atoms with Crippen molar-refractivity contribution in [3.05, 3.63) is 33.1 Å². The second-order valence-electron chi connectivity index (χ2n) is 6.45. The molecule has 22 heavy (non-hydrogen) atoms. The molecule has 1 aliphatic heterocycles. The lowest BCUT2D eigenvalue weighted by molar-refractivity contribution is -0.116. The lowest BCUT2D eigenvalue weighted by Gasteiger charge is -2.23. The summed E-state index contributed by atoms with van der Waals surface area (Å²) in [6, 6.07) is 2.23. The van der Waals surface area contributed by atoms with E-state index < -0.39 is 0 Å². The molecule has 0 saturated heterocycles. The van der Waals surface area contributed by atoms with Crippen LogP contribution in [0.3, 0.4) is 0 Å². The van der Waals surface area contributed by atoms with Gasteiger partial charge >= 0.3 is 0 Å². The van der Waals surface area contributed by atoms with E-state index in [4.69, 9.17) is 0 Å². The number of aromatic amines is 1. The molecule has 0 saturated carbocycles. The standard InChI is InChI=1S/C16H22N4OS/c1-9(2)15-14-11(6-13(21)17-16(14)19-18-15)12-5-10(8-22-12)7-20(3)4/h5,8-9,11H,6-7H2,1-4H3,(H2,17,18,19,21). The maximum Gasteiger partial charge on any atom is 0.226 e. The predicted octanol–water partition coefficient (Wildman–Crippen LogP) is 3.13. The van der Waals surface area contributed by atoms with Crippen LogP contribution >= 0.6 is 11.3 Å². The Morgan fingerprint density at radius 1 is 1.45 bits per heavy atom. The molecule has 0 aliphatic carbocycles. The molecule has 6 heteroatoms. The largest absolute Gasteiger partial charge is 0.309 e. The van der Waals surface area contributed by atoms with Gasteiger partial charge in [0, 0.05) is 35.0 Å². The Labute approximate surface area is 134 Å². The normalized spacial score (nSPS) is 17.9. The zero-order chi connectivity index (χ0) is 15.9. The maximum atomic E-state index is 12.0. The third-order valence-electron chi connectivity index (χ3n) is 3.92. The molecule has 1 unspecified atom stereocenters. The van der Waals surface area contributed by atoms with E-state index >= 15 is 0 Å². The summed E-state index contributed by atoms with van der Waals surface area (Å²) in [5.41, 5.74) is 3.59. The van der Waals surface area contributed by atoms with Crippen LogP contribution in [0.4, 0.5) is 5.82 Å². The second-order valence-corrected chi connectivity index (χ2v) is 7.40. The minimum atomic E-state index is 0.0434. The van der Waals surface area contributed by atoms with E-state index in [9.17, 15) is 4.79 Å². The van der Waals surface area contributed by atoms with Crippen LogP contribution in [0.1, 0.15) is 53.8 Å². The van der Waals surface area contributed by atoms with Gasteiger partial charge in [-0.3, -0.25) is 9.89 Å². The second kappa shape index (κ2) is 5.85. The number of amides is 1. The van der Waals surface area contributed by atoms with E-state index in [1.54, 1.807) is 11.3 Å². The number of carbonyl (C=O) groups excluding carboxylic acids is 1. The summed E-state index contributed by atoms with van der Waals surface area (Å²) in [4.78, 5) is 15.4. The average molecular weight is 318 g/mol. The molecule has 1 atom stereocenters. The molecule has 5 nitrogen and oxygen atoms in total. The SMILES string of the molecule is CC(C)c1[nH]nc2c1C(c1cc(CN(C)C)cs1)CC(=O)N2. The highest BCUT2D eigenvalue weighted by atomic mass is 32.1. The van der Waals surface area contributed by atoms with E-state index in [0.29, 0.717) is 18.2 Å². The molecule has 1 aliphatic rings. The Balaban J connectivity index is 1.99. The third kappa shape index (κ3) is 2.80. The maximum absolute atomic E-state index is 12.0. The lowest BCUT2D eigenvalue weighted by Crippen LogP contribution is -2.23. The molecule has 2 aromatic rings. The first-order chi connectivity index (χ1) is 10.5. The number of hydrogen-bond acceptors (Lipinski definition) is 4. The van der Waals surface area contributed by atoms with Crippen molar-refractivity contribution in [2.24, 2.45) is 0 Å². The molecule has 2 aromatic heterocycles. The Bertz CT molecular complexity index is 686. The highest BCUT2D eigenvalue weighted by Gasteiger charge is 2.33. The van der Waals surface area contributed by atoms with Crippen LogP contribution in [0.5, 0.6) is 0 Å². The van der Waals surface area contributed by atoms with Gasteiger partial charge < -0.3 is 10.2 Å². The molecule has 2 N–H and O–H groups in total. The van der Waals surface area contributed by atoms with E-state index in [1.165, 1.54) is 10.4 Å². The van der Waals surface area contributed by atoms with Crippen molar-refractivity contribution in [3.8, 4) is 0 Å². The van der Waals surface area contributed by atoms with Crippen LogP contribution in [0.2, 0.25) is 0 Å². The van der Waals surface area contributed by atoms with Crippen LogP contribution in [-0.4, -0.2) is 35.1 Å². The van der Waals surface area contributed by atoms with Crippen LogP contribution < -0.4 is 5.32 Å². The van der Waals surface area contributed by atoms with Crippen molar-refractivity contribution in [1.82, 2.24) is 15.1 Å². The zero-order valence-corrected chi connectivity index (χ0v) is 14.3. The molecule has 0 aromatic carbocycles. The summed E-state index contributed by atoms with van der Waals surface area (Å²) < 4.78 is 0. The first-order valence-electron chi connectivity index (χ1n) is 7.55. The van der Waals surface area contributed by atoms with Crippen LogP contribution in [0.25, 0.3) is 0 Å². The summed E-state index contributed by atoms with van der Waals surface area (Å²) in [6.45, 7) is 5.21. The quantitative estimate of drug-likeness (QED) is 0.910. The number of thiophene rings is 1. The summed E-state index contributed by atoms with van der Waals surface area (Å²) in [6.07, 6.45) is 0.494. The molecule has 0 bridgehead atoms. The van der Waals surface area contributed by atoms with Crippen molar-refractivity contribution in [2.75, 3.05) is 19.4 Å². The van der Waals surface area contributed by atoms with Crippen LogP contribution in [0, 0.1) is 0 Å². The van der Waals surface area contributed by atoms with Crippen LogP contribution in [0.15, 0.2) is 11.4 Å². The van der Waals surface area contributed by atoms with Gasteiger partial charge in [-0.05, 0) is 37.0 Å². The number of nitrogens with one attached hydrogen (secondary N) is 2. The number of rotatable bonds is 4. The van der Waals surface area contributed by atoms with E-state index in [2.05, 4.69) is 59.8 Å². The van der Waals surface area contributed by atoms with Gasteiger partial charge in [-0.25, -0.2) is 0 Å². The summed E-state index contributed by atoms with van der Waals surface area (Å²) >= 11 is 1.74. The van der Waals surface area contributed by atoms with Gasteiger partial charge in [0.05, 0.1) is 0 Å². The molecule has 0 spiro atoms. The fraction of sp³-hybridized carbons (Fsp3) is 0.500. The average Bonchev–Trinajstić information content (AvgIpc) is 3.03. The predicted molar refractivity (Wildman–Crippen MR) is 89.5 cm³/mol. The zero-order valence-electron chi connectivity index (χ0n) is 13.4. The number of nitrogens with zero attached hydrogens (tertiary/aromatic N) is 2. The summed E-state index contributed by atoms with van der Waals surface area (Å²) in [7, 11) is 4.13. The first-order valence-corrected chi connectivity index (χ1v) is 8.43. The fourth-order valence-corrected chi connectivity index (χ4v) is 4.01. The first kappa shape index (κ1) is 15.2. The van der Waals surface area contributed by atoms with Gasteiger partial charge in [0.15, 0.2) is 5.82 Å². The Hall–Kier alpha value is -1.66. The molecular formula is C16H22N4OS. The highest BCUT2D eigenvalue weighted by molar-refractivity contribution is 7.10. The smallest absolute Gasteiger partial charge is 0.226 e. The van der Waals surface area contributed by atoms with Crippen molar-refractivity contribution in [2.45, 2.75) is 38.6 Å². The molecule has 0 radical (unpaired) electrons.